The van der Waals surface area contributed by atoms with Gasteiger partial charge in [-0.25, -0.2) is 4.79 Å². The molecule has 1 heterocycles. The van der Waals surface area contributed by atoms with Gasteiger partial charge in [0, 0.05) is 4.90 Å². The SMILES string of the molecule is CSc1ccc(OCc2cc(C(=O)O)c(C)o2)cc1. The van der Waals surface area contributed by atoms with E-state index in [4.69, 9.17) is 14.3 Å². The van der Waals surface area contributed by atoms with Crippen molar-refractivity contribution in [3.8, 4) is 5.75 Å². The zero-order valence-electron chi connectivity index (χ0n) is 10.7. The number of ether oxygens (including phenoxy) is 1. The van der Waals surface area contributed by atoms with Crippen molar-refractivity contribution < 1.29 is 19.1 Å². The van der Waals surface area contributed by atoms with Gasteiger partial charge in [0.2, 0.25) is 0 Å². The van der Waals surface area contributed by atoms with E-state index >= 15 is 0 Å². The monoisotopic (exact) mass is 278 g/mol. The second-order valence-electron chi connectivity index (χ2n) is 3.95. The maximum atomic E-state index is 10.9. The molecule has 2 rings (SSSR count). The smallest absolute Gasteiger partial charge is 0.339 e. The zero-order chi connectivity index (χ0) is 13.8. The number of carboxylic acid groups (broad SMARTS) is 1. The van der Waals surface area contributed by atoms with Crippen molar-refractivity contribution in [2.75, 3.05) is 6.26 Å². The Balaban J connectivity index is 2.01. The van der Waals surface area contributed by atoms with Gasteiger partial charge in [-0.3, -0.25) is 0 Å². The zero-order valence-corrected chi connectivity index (χ0v) is 11.5. The van der Waals surface area contributed by atoms with Crippen LogP contribution in [-0.2, 0) is 6.61 Å². The molecule has 0 amide bonds. The van der Waals surface area contributed by atoms with Crippen LogP contribution in [0.15, 0.2) is 39.6 Å². The number of carboxylic acids is 1. The lowest BCUT2D eigenvalue weighted by molar-refractivity contribution is 0.0695. The first-order chi connectivity index (χ1) is 9.10. The Kier molecular flexibility index (Phi) is 4.16. The molecule has 1 aromatic carbocycles. The first-order valence-corrected chi connectivity index (χ1v) is 6.92. The Morgan fingerprint density at radius 2 is 2.05 bits per heavy atom. The molecule has 2 aromatic rings. The molecule has 5 heteroatoms. The van der Waals surface area contributed by atoms with Crippen molar-refractivity contribution in [1.29, 1.82) is 0 Å². The fourth-order valence-electron chi connectivity index (χ4n) is 1.65. The third-order valence-electron chi connectivity index (χ3n) is 2.64. The van der Waals surface area contributed by atoms with Crippen molar-refractivity contribution in [3.05, 3.63) is 47.4 Å². The maximum absolute atomic E-state index is 10.9. The molecule has 0 radical (unpaired) electrons. The van der Waals surface area contributed by atoms with E-state index in [-0.39, 0.29) is 12.2 Å². The highest BCUT2D eigenvalue weighted by atomic mass is 32.2. The predicted octanol–water partition coefficient (Wildman–Crippen LogP) is 3.59. The number of rotatable bonds is 5. The van der Waals surface area contributed by atoms with Crippen LogP contribution >= 0.6 is 11.8 Å². The summed E-state index contributed by atoms with van der Waals surface area (Å²) in [6.07, 6.45) is 2.01. The molecule has 19 heavy (non-hydrogen) atoms. The number of benzene rings is 1. The second-order valence-corrected chi connectivity index (χ2v) is 4.83. The molecule has 0 saturated carbocycles. The summed E-state index contributed by atoms with van der Waals surface area (Å²) in [7, 11) is 0. The highest BCUT2D eigenvalue weighted by Gasteiger charge is 2.13. The van der Waals surface area contributed by atoms with E-state index in [2.05, 4.69) is 0 Å². The topological polar surface area (TPSA) is 59.7 Å². The number of thioether (sulfide) groups is 1. The molecule has 1 aromatic heterocycles. The predicted molar refractivity (Wildman–Crippen MR) is 73.0 cm³/mol. The van der Waals surface area contributed by atoms with Gasteiger partial charge in [0.15, 0.2) is 0 Å². The number of aromatic carboxylic acids is 1. The Labute approximate surface area is 115 Å². The standard InChI is InChI=1S/C14H14O4S/c1-9-13(14(15)16)7-11(18-9)8-17-10-3-5-12(19-2)6-4-10/h3-7H,8H2,1-2H3,(H,15,16). The van der Waals surface area contributed by atoms with Gasteiger partial charge in [-0.05, 0) is 43.5 Å². The quantitative estimate of drug-likeness (QED) is 0.847. The van der Waals surface area contributed by atoms with Crippen LogP contribution in [0.3, 0.4) is 0 Å². The summed E-state index contributed by atoms with van der Waals surface area (Å²) < 4.78 is 10.9. The van der Waals surface area contributed by atoms with Crippen LogP contribution in [0.4, 0.5) is 0 Å². The molecular weight excluding hydrogens is 264 g/mol. The molecule has 0 unspecified atom stereocenters. The Hall–Kier alpha value is -1.88. The third-order valence-corrected chi connectivity index (χ3v) is 3.38. The van der Waals surface area contributed by atoms with Crippen LogP contribution in [0.2, 0.25) is 0 Å². The van der Waals surface area contributed by atoms with Gasteiger partial charge in [-0.15, -0.1) is 11.8 Å². The van der Waals surface area contributed by atoms with Crippen molar-refractivity contribution >= 4 is 17.7 Å². The summed E-state index contributed by atoms with van der Waals surface area (Å²) in [5, 5.41) is 8.92. The number of hydrogen-bond donors (Lipinski definition) is 1. The van der Waals surface area contributed by atoms with Gasteiger partial charge in [0.25, 0.3) is 0 Å². The second kappa shape index (κ2) is 5.84. The van der Waals surface area contributed by atoms with Crippen LogP contribution in [0, 0.1) is 6.92 Å². The summed E-state index contributed by atoms with van der Waals surface area (Å²) in [4.78, 5) is 12.0. The van der Waals surface area contributed by atoms with E-state index in [0.717, 1.165) is 10.6 Å². The van der Waals surface area contributed by atoms with Gasteiger partial charge < -0.3 is 14.3 Å². The van der Waals surface area contributed by atoms with E-state index in [9.17, 15) is 4.79 Å². The first-order valence-electron chi connectivity index (χ1n) is 5.69. The van der Waals surface area contributed by atoms with Crippen LogP contribution in [-0.4, -0.2) is 17.3 Å². The van der Waals surface area contributed by atoms with Crippen molar-refractivity contribution in [1.82, 2.24) is 0 Å². The van der Waals surface area contributed by atoms with Gasteiger partial charge in [0.05, 0.1) is 0 Å². The molecule has 0 atom stereocenters. The normalized spacial score (nSPS) is 10.4. The highest BCUT2D eigenvalue weighted by Crippen LogP contribution is 2.21. The first kappa shape index (κ1) is 13.5. The van der Waals surface area contributed by atoms with Crippen LogP contribution in [0.5, 0.6) is 5.75 Å². The molecular formula is C14H14O4S. The minimum atomic E-state index is -0.989. The molecule has 0 saturated heterocycles. The Bertz CT molecular complexity index is 572. The largest absolute Gasteiger partial charge is 0.486 e. The van der Waals surface area contributed by atoms with E-state index in [0.29, 0.717) is 11.5 Å². The summed E-state index contributed by atoms with van der Waals surface area (Å²) >= 11 is 1.66. The van der Waals surface area contributed by atoms with Crippen molar-refractivity contribution in [3.63, 3.8) is 0 Å². The summed E-state index contributed by atoms with van der Waals surface area (Å²) in [6.45, 7) is 1.84. The van der Waals surface area contributed by atoms with Crippen LogP contribution < -0.4 is 4.74 Å². The van der Waals surface area contributed by atoms with Gasteiger partial charge in [-0.1, -0.05) is 0 Å². The minimum absolute atomic E-state index is 0.177. The third kappa shape index (κ3) is 3.32. The fraction of sp³-hybridized carbons (Fsp3) is 0.214. The van der Waals surface area contributed by atoms with Crippen molar-refractivity contribution in [2.24, 2.45) is 0 Å². The van der Waals surface area contributed by atoms with Gasteiger partial charge in [0.1, 0.15) is 29.4 Å². The van der Waals surface area contributed by atoms with Gasteiger partial charge >= 0.3 is 5.97 Å². The van der Waals surface area contributed by atoms with Crippen LogP contribution in [0.1, 0.15) is 21.9 Å². The highest BCUT2D eigenvalue weighted by molar-refractivity contribution is 7.98. The average Bonchev–Trinajstić information content (AvgIpc) is 2.78. The fourth-order valence-corrected chi connectivity index (χ4v) is 2.06. The Morgan fingerprint density at radius 3 is 2.58 bits per heavy atom. The summed E-state index contributed by atoms with van der Waals surface area (Å²) in [6, 6.07) is 9.18. The lowest BCUT2D eigenvalue weighted by atomic mass is 10.2. The number of aryl methyl sites for hydroxylation is 1. The molecule has 4 nitrogen and oxygen atoms in total. The molecule has 0 aliphatic carbocycles. The van der Waals surface area contributed by atoms with E-state index in [1.54, 1.807) is 18.7 Å². The Morgan fingerprint density at radius 1 is 1.37 bits per heavy atom. The van der Waals surface area contributed by atoms with E-state index in [1.165, 1.54) is 6.07 Å². The molecule has 0 aliphatic rings. The number of hydrogen-bond acceptors (Lipinski definition) is 4. The molecule has 0 spiro atoms. The average molecular weight is 278 g/mol. The molecule has 0 fully saturated rings. The summed E-state index contributed by atoms with van der Waals surface area (Å²) in [5.41, 5.74) is 0.177. The van der Waals surface area contributed by atoms with E-state index < -0.39 is 5.97 Å². The van der Waals surface area contributed by atoms with Crippen molar-refractivity contribution in [2.45, 2.75) is 18.4 Å². The maximum Gasteiger partial charge on any atom is 0.339 e. The molecule has 0 aliphatic heterocycles. The van der Waals surface area contributed by atoms with Gasteiger partial charge in [-0.2, -0.15) is 0 Å². The molecule has 0 bridgehead atoms. The summed E-state index contributed by atoms with van der Waals surface area (Å²) in [5.74, 6) is 0.633. The number of furan rings is 1. The number of carbonyl (C=O) groups is 1. The van der Waals surface area contributed by atoms with Crippen LogP contribution in [0.25, 0.3) is 0 Å². The molecule has 100 valence electrons. The molecule has 1 N–H and O–H groups in total. The lowest BCUT2D eigenvalue weighted by Gasteiger charge is -2.04. The lowest BCUT2D eigenvalue weighted by Crippen LogP contribution is -1.96. The van der Waals surface area contributed by atoms with E-state index in [1.807, 2.05) is 30.5 Å². The minimum Gasteiger partial charge on any atom is -0.486 e.